The Bertz CT molecular complexity index is 521. The molecule has 2 unspecified atom stereocenters. The molecule has 0 saturated heterocycles. The van der Waals surface area contributed by atoms with Gasteiger partial charge in [-0.2, -0.15) is 0 Å². The van der Waals surface area contributed by atoms with Crippen LogP contribution in [-0.4, -0.2) is 12.6 Å². The fourth-order valence-electron chi connectivity index (χ4n) is 2.65. The van der Waals surface area contributed by atoms with Crippen LogP contribution in [0.25, 0.3) is 0 Å². The Kier molecular flexibility index (Phi) is 5.82. The Morgan fingerprint density at radius 2 is 1.67 bits per heavy atom. The molecule has 0 spiro atoms. The summed E-state index contributed by atoms with van der Waals surface area (Å²) in [5.74, 6) is 1.41. The van der Waals surface area contributed by atoms with Crippen molar-refractivity contribution in [2.75, 3.05) is 6.61 Å². The second-order valence-electron chi connectivity index (χ2n) is 5.59. The van der Waals surface area contributed by atoms with Gasteiger partial charge in [-0.1, -0.05) is 49.4 Å². The maximum absolute atomic E-state index is 6.31. The van der Waals surface area contributed by atoms with Gasteiger partial charge in [0.1, 0.15) is 5.75 Å². The van der Waals surface area contributed by atoms with Crippen LogP contribution in [0.4, 0.5) is 0 Å². The van der Waals surface area contributed by atoms with Crippen LogP contribution in [0.3, 0.4) is 0 Å². The van der Waals surface area contributed by atoms with Crippen LogP contribution in [0.15, 0.2) is 54.6 Å². The minimum absolute atomic E-state index is 0.179. The highest BCUT2D eigenvalue weighted by Gasteiger charge is 2.11. The van der Waals surface area contributed by atoms with Gasteiger partial charge in [-0.15, -0.1) is 0 Å². The van der Waals surface area contributed by atoms with Crippen LogP contribution in [0.2, 0.25) is 0 Å². The lowest BCUT2D eigenvalue weighted by Gasteiger charge is -2.18. The van der Waals surface area contributed by atoms with Crippen molar-refractivity contribution >= 4 is 0 Å². The van der Waals surface area contributed by atoms with Crippen LogP contribution in [0.1, 0.15) is 37.3 Å². The molecule has 0 heterocycles. The van der Waals surface area contributed by atoms with E-state index in [0.29, 0.717) is 12.5 Å². The summed E-state index contributed by atoms with van der Waals surface area (Å²) >= 11 is 0. The van der Waals surface area contributed by atoms with Crippen molar-refractivity contribution < 1.29 is 4.74 Å². The Morgan fingerprint density at radius 1 is 1.00 bits per heavy atom. The van der Waals surface area contributed by atoms with E-state index in [1.807, 2.05) is 19.1 Å². The summed E-state index contributed by atoms with van der Waals surface area (Å²) in [4.78, 5) is 0. The summed E-state index contributed by atoms with van der Waals surface area (Å²) in [5.41, 5.74) is 8.94. The quantitative estimate of drug-likeness (QED) is 0.828. The number of nitrogens with two attached hydrogens (primary N) is 1. The van der Waals surface area contributed by atoms with Crippen molar-refractivity contribution in [3.63, 3.8) is 0 Å². The molecule has 0 aromatic heterocycles. The molecule has 2 rings (SSSR count). The van der Waals surface area contributed by atoms with Crippen molar-refractivity contribution in [1.82, 2.24) is 0 Å². The van der Waals surface area contributed by atoms with E-state index in [4.69, 9.17) is 10.5 Å². The van der Waals surface area contributed by atoms with Crippen molar-refractivity contribution in [1.29, 1.82) is 0 Å². The van der Waals surface area contributed by atoms with Crippen LogP contribution >= 0.6 is 0 Å². The van der Waals surface area contributed by atoms with Crippen molar-refractivity contribution in [2.24, 2.45) is 5.73 Å². The summed E-state index contributed by atoms with van der Waals surface area (Å²) in [6, 6.07) is 19.0. The second kappa shape index (κ2) is 7.84. The van der Waals surface area contributed by atoms with E-state index >= 15 is 0 Å². The molecule has 112 valence electrons. The summed E-state index contributed by atoms with van der Waals surface area (Å²) in [7, 11) is 0. The lowest BCUT2D eigenvalue weighted by atomic mass is 9.91. The van der Waals surface area contributed by atoms with E-state index in [9.17, 15) is 0 Å². The summed E-state index contributed by atoms with van der Waals surface area (Å²) in [6.07, 6.45) is 1.90. The lowest BCUT2D eigenvalue weighted by molar-refractivity contribution is 0.340. The molecule has 0 aliphatic heterocycles. The Labute approximate surface area is 127 Å². The lowest BCUT2D eigenvalue weighted by Crippen LogP contribution is -2.24. The highest BCUT2D eigenvalue weighted by molar-refractivity contribution is 5.28. The largest absolute Gasteiger partial charge is 0.494 e. The minimum atomic E-state index is 0.179. The molecule has 0 radical (unpaired) electrons. The van der Waals surface area contributed by atoms with Crippen LogP contribution in [-0.2, 0) is 6.42 Å². The molecule has 21 heavy (non-hydrogen) atoms. The molecule has 2 nitrogen and oxygen atoms in total. The number of benzene rings is 2. The Morgan fingerprint density at radius 3 is 2.29 bits per heavy atom. The first-order valence-corrected chi connectivity index (χ1v) is 7.71. The monoisotopic (exact) mass is 283 g/mol. The zero-order valence-corrected chi connectivity index (χ0v) is 13.0. The van der Waals surface area contributed by atoms with Gasteiger partial charge in [-0.25, -0.2) is 0 Å². The van der Waals surface area contributed by atoms with E-state index in [1.165, 1.54) is 11.1 Å². The standard InChI is InChI=1S/C19H25NO/c1-3-21-19-11-9-16(10-12-19)14-18(20)13-15(2)17-7-5-4-6-8-17/h4-12,15,18H,3,13-14,20H2,1-2H3. The number of hydrogen-bond acceptors (Lipinski definition) is 2. The van der Waals surface area contributed by atoms with E-state index in [2.05, 4.69) is 49.4 Å². The molecule has 0 aliphatic carbocycles. The van der Waals surface area contributed by atoms with Gasteiger partial charge >= 0.3 is 0 Å². The summed E-state index contributed by atoms with van der Waals surface area (Å²) in [5, 5.41) is 0. The van der Waals surface area contributed by atoms with Crippen LogP contribution in [0, 0.1) is 0 Å². The van der Waals surface area contributed by atoms with Crippen LogP contribution < -0.4 is 10.5 Å². The maximum Gasteiger partial charge on any atom is 0.119 e. The highest BCUT2D eigenvalue weighted by Crippen LogP contribution is 2.21. The van der Waals surface area contributed by atoms with Gasteiger partial charge < -0.3 is 10.5 Å². The van der Waals surface area contributed by atoms with E-state index < -0.39 is 0 Å². The first-order chi connectivity index (χ1) is 10.2. The fraction of sp³-hybridized carbons (Fsp3) is 0.368. The maximum atomic E-state index is 6.31. The molecular weight excluding hydrogens is 258 g/mol. The molecule has 0 aliphatic rings. The normalized spacial score (nSPS) is 13.7. The molecule has 2 aromatic rings. The van der Waals surface area contributed by atoms with Gasteiger partial charge in [0, 0.05) is 6.04 Å². The Balaban J connectivity index is 1.87. The summed E-state index contributed by atoms with van der Waals surface area (Å²) < 4.78 is 5.46. The van der Waals surface area contributed by atoms with Gasteiger partial charge in [-0.3, -0.25) is 0 Å². The van der Waals surface area contributed by atoms with Gasteiger partial charge in [-0.05, 0) is 48.9 Å². The van der Waals surface area contributed by atoms with Crippen molar-refractivity contribution in [2.45, 2.75) is 38.6 Å². The van der Waals surface area contributed by atoms with Crippen molar-refractivity contribution in [3.05, 3.63) is 65.7 Å². The minimum Gasteiger partial charge on any atom is -0.494 e. The highest BCUT2D eigenvalue weighted by atomic mass is 16.5. The Hall–Kier alpha value is -1.80. The third-order valence-corrected chi connectivity index (χ3v) is 3.76. The summed E-state index contributed by atoms with van der Waals surface area (Å²) in [6.45, 7) is 4.94. The van der Waals surface area contributed by atoms with E-state index in [-0.39, 0.29) is 6.04 Å². The van der Waals surface area contributed by atoms with Gasteiger partial charge in [0.15, 0.2) is 0 Å². The molecular formula is C19H25NO. The zero-order valence-electron chi connectivity index (χ0n) is 13.0. The molecule has 0 amide bonds. The van der Waals surface area contributed by atoms with Gasteiger partial charge in [0.25, 0.3) is 0 Å². The SMILES string of the molecule is CCOc1ccc(CC(N)CC(C)c2ccccc2)cc1. The molecule has 2 atom stereocenters. The average Bonchev–Trinajstić information content (AvgIpc) is 2.50. The molecule has 2 heteroatoms. The number of hydrogen-bond donors (Lipinski definition) is 1. The van der Waals surface area contributed by atoms with Crippen LogP contribution in [0.5, 0.6) is 5.75 Å². The van der Waals surface area contributed by atoms with E-state index in [0.717, 1.165) is 18.6 Å². The first-order valence-electron chi connectivity index (χ1n) is 7.71. The van der Waals surface area contributed by atoms with Crippen molar-refractivity contribution in [3.8, 4) is 5.75 Å². The topological polar surface area (TPSA) is 35.2 Å². The number of ether oxygens (including phenoxy) is 1. The average molecular weight is 283 g/mol. The third-order valence-electron chi connectivity index (χ3n) is 3.76. The molecule has 2 N–H and O–H groups in total. The predicted molar refractivity (Wildman–Crippen MR) is 88.8 cm³/mol. The van der Waals surface area contributed by atoms with E-state index in [1.54, 1.807) is 0 Å². The fourth-order valence-corrected chi connectivity index (χ4v) is 2.65. The molecule has 0 saturated carbocycles. The smallest absolute Gasteiger partial charge is 0.119 e. The molecule has 0 bridgehead atoms. The second-order valence-corrected chi connectivity index (χ2v) is 5.59. The van der Waals surface area contributed by atoms with Gasteiger partial charge in [0.05, 0.1) is 6.61 Å². The molecule has 2 aromatic carbocycles. The first kappa shape index (κ1) is 15.6. The zero-order chi connectivity index (χ0) is 15.1. The predicted octanol–water partition coefficient (Wildman–Crippen LogP) is 4.15. The third kappa shape index (κ3) is 4.91. The number of rotatable bonds is 7. The molecule has 0 fully saturated rings. The van der Waals surface area contributed by atoms with Gasteiger partial charge in [0.2, 0.25) is 0 Å².